The number of rotatable bonds is 3. The van der Waals surface area contributed by atoms with E-state index in [1.165, 1.54) is 4.88 Å². The summed E-state index contributed by atoms with van der Waals surface area (Å²) in [6, 6.07) is 3.87. The predicted octanol–water partition coefficient (Wildman–Crippen LogP) is 3.32. The van der Waals surface area contributed by atoms with E-state index in [-0.39, 0.29) is 5.91 Å². The molecule has 4 rings (SSSR count). The number of hydrogen-bond donors (Lipinski definition) is 2. The molecule has 0 fully saturated rings. The second-order valence-electron chi connectivity index (χ2n) is 5.34. The smallest absolute Gasteiger partial charge is 0.273 e. The monoisotopic (exact) mass is 332 g/mol. The van der Waals surface area contributed by atoms with Crippen molar-refractivity contribution >= 4 is 43.9 Å². The Morgan fingerprint density at radius 2 is 2.45 bits per heavy atom. The van der Waals surface area contributed by atoms with Crippen LogP contribution in [0.5, 0.6) is 0 Å². The zero-order valence-electron chi connectivity index (χ0n) is 12.2. The number of carbonyl (C=O) groups is 1. The van der Waals surface area contributed by atoms with Gasteiger partial charge in [-0.3, -0.25) is 15.0 Å². The van der Waals surface area contributed by atoms with Gasteiger partial charge in [-0.1, -0.05) is 6.92 Å². The van der Waals surface area contributed by atoms with Crippen LogP contribution >= 0.6 is 22.7 Å². The first kappa shape index (κ1) is 13.9. The second-order valence-corrected chi connectivity index (χ2v) is 7.37. The molecule has 0 aromatic carbocycles. The molecule has 114 valence electrons. The first-order chi connectivity index (χ1) is 10.7. The van der Waals surface area contributed by atoms with E-state index in [4.69, 9.17) is 0 Å². The van der Waals surface area contributed by atoms with Crippen molar-refractivity contribution in [2.45, 2.75) is 19.9 Å². The number of aromatic nitrogens is 2. The molecule has 0 spiro atoms. The average Bonchev–Trinajstić information content (AvgIpc) is 3.19. The van der Waals surface area contributed by atoms with Crippen LogP contribution in [0.4, 0.5) is 5.13 Å². The normalized spacial score (nSPS) is 15.1. The van der Waals surface area contributed by atoms with Gasteiger partial charge in [0.2, 0.25) is 0 Å². The van der Waals surface area contributed by atoms with Gasteiger partial charge in [-0.05, 0) is 24.1 Å². The summed E-state index contributed by atoms with van der Waals surface area (Å²) in [6.07, 6.45) is 0.966. The summed E-state index contributed by atoms with van der Waals surface area (Å²) in [5.41, 5.74) is 2.73. The molecule has 3 aromatic heterocycles. The minimum Gasteiger partial charge on any atom is -0.350 e. The quantitative estimate of drug-likeness (QED) is 0.773. The van der Waals surface area contributed by atoms with E-state index in [0.717, 1.165) is 42.0 Å². The Morgan fingerprint density at radius 1 is 1.55 bits per heavy atom. The number of fused-ring (bicyclic) bond motifs is 2. The Labute approximate surface area is 136 Å². The van der Waals surface area contributed by atoms with Gasteiger partial charge < -0.3 is 4.98 Å². The van der Waals surface area contributed by atoms with Crippen LogP contribution in [0.2, 0.25) is 0 Å². The van der Waals surface area contributed by atoms with Crippen LogP contribution in [0.1, 0.15) is 28.0 Å². The van der Waals surface area contributed by atoms with Gasteiger partial charge in [-0.2, -0.15) is 0 Å². The van der Waals surface area contributed by atoms with Crippen molar-refractivity contribution < 1.29 is 4.79 Å². The fourth-order valence-electron chi connectivity index (χ4n) is 2.71. The molecular weight excluding hydrogens is 316 g/mol. The SMILES string of the molecule is CCN1CCc2nc(NC(=O)c3cc4sccc4[nH]3)sc2C1. The van der Waals surface area contributed by atoms with E-state index in [1.54, 1.807) is 22.7 Å². The third kappa shape index (κ3) is 2.45. The summed E-state index contributed by atoms with van der Waals surface area (Å²) in [6.45, 7) is 5.22. The molecule has 5 nitrogen and oxygen atoms in total. The molecule has 0 unspecified atom stereocenters. The Bertz CT molecular complexity index is 803. The molecule has 7 heteroatoms. The highest BCUT2D eigenvalue weighted by Gasteiger charge is 2.21. The highest BCUT2D eigenvalue weighted by molar-refractivity contribution is 7.17. The van der Waals surface area contributed by atoms with Crippen molar-refractivity contribution in [3.63, 3.8) is 0 Å². The van der Waals surface area contributed by atoms with E-state index < -0.39 is 0 Å². The first-order valence-electron chi connectivity index (χ1n) is 7.31. The number of H-pyrrole nitrogens is 1. The standard InChI is InChI=1S/C15H16N4OS2/c1-2-19-5-3-9-13(8-19)22-15(17-9)18-14(20)11-7-12-10(16-11)4-6-21-12/h4,6-7,16H,2-3,5,8H2,1H3,(H,17,18,20). The van der Waals surface area contributed by atoms with Crippen LogP contribution in [0.3, 0.4) is 0 Å². The molecule has 0 saturated heterocycles. The van der Waals surface area contributed by atoms with Crippen molar-refractivity contribution in [3.05, 3.63) is 33.8 Å². The number of nitrogens with one attached hydrogen (secondary N) is 2. The lowest BCUT2D eigenvalue weighted by Gasteiger charge is -2.23. The molecule has 4 heterocycles. The van der Waals surface area contributed by atoms with E-state index in [2.05, 4.69) is 27.1 Å². The lowest BCUT2D eigenvalue weighted by molar-refractivity contribution is 0.102. The van der Waals surface area contributed by atoms with Gasteiger partial charge in [0.15, 0.2) is 5.13 Å². The summed E-state index contributed by atoms with van der Waals surface area (Å²) in [5.74, 6) is -0.123. The van der Waals surface area contributed by atoms with Crippen LogP contribution in [0.25, 0.3) is 10.2 Å². The topological polar surface area (TPSA) is 61.0 Å². The van der Waals surface area contributed by atoms with E-state index in [0.29, 0.717) is 10.8 Å². The molecule has 2 N–H and O–H groups in total. The van der Waals surface area contributed by atoms with E-state index >= 15 is 0 Å². The summed E-state index contributed by atoms with van der Waals surface area (Å²) in [5, 5.41) is 5.63. The fraction of sp³-hybridized carbons (Fsp3) is 0.333. The Hall–Kier alpha value is -1.70. The first-order valence-corrected chi connectivity index (χ1v) is 9.01. The van der Waals surface area contributed by atoms with Crippen molar-refractivity contribution in [2.24, 2.45) is 0 Å². The number of thiophene rings is 1. The molecule has 0 radical (unpaired) electrons. The maximum atomic E-state index is 12.3. The summed E-state index contributed by atoms with van der Waals surface area (Å²) >= 11 is 3.22. The molecule has 0 aliphatic carbocycles. The number of thiazole rings is 1. The van der Waals surface area contributed by atoms with Crippen LogP contribution < -0.4 is 5.32 Å². The number of likely N-dealkylation sites (N-methyl/N-ethyl adjacent to an activating group) is 1. The van der Waals surface area contributed by atoms with Crippen molar-refractivity contribution in [1.82, 2.24) is 14.9 Å². The minimum absolute atomic E-state index is 0.123. The number of hydrogen-bond acceptors (Lipinski definition) is 5. The van der Waals surface area contributed by atoms with Gasteiger partial charge in [0.05, 0.1) is 15.9 Å². The third-order valence-electron chi connectivity index (χ3n) is 3.96. The van der Waals surface area contributed by atoms with E-state index in [9.17, 15) is 4.79 Å². The number of anilines is 1. The fourth-order valence-corrected chi connectivity index (χ4v) is 4.54. The van der Waals surface area contributed by atoms with Crippen LogP contribution in [0, 0.1) is 0 Å². The average molecular weight is 332 g/mol. The predicted molar refractivity (Wildman–Crippen MR) is 90.9 cm³/mol. The largest absolute Gasteiger partial charge is 0.350 e. The maximum absolute atomic E-state index is 12.3. The van der Waals surface area contributed by atoms with Gasteiger partial charge in [-0.25, -0.2) is 4.98 Å². The molecule has 1 aliphatic heterocycles. The molecule has 3 aromatic rings. The molecule has 1 amide bonds. The van der Waals surface area contributed by atoms with Gasteiger partial charge >= 0.3 is 0 Å². The Kier molecular flexibility index (Phi) is 3.48. The lowest BCUT2D eigenvalue weighted by atomic mass is 10.2. The zero-order valence-corrected chi connectivity index (χ0v) is 13.8. The van der Waals surface area contributed by atoms with Crippen LogP contribution in [-0.2, 0) is 13.0 Å². The van der Waals surface area contributed by atoms with Crippen molar-refractivity contribution in [2.75, 3.05) is 18.4 Å². The highest BCUT2D eigenvalue weighted by Crippen LogP contribution is 2.29. The van der Waals surface area contributed by atoms with Crippen LogP contribution in [0.15, 0.2) is 17.5 Å². The zero-order chi connectivity index (χ0) is 15.1. The molecule has 0 bridgehead atoms. The van der Waals surface area contributed by atoms with Gasteiger partial charge in [0.1, 0.15) is 5.69 Å². The van der Waals surface area contributed by atoms with Crippen molar-refractivity contribution in [3.8, 4) is 0 Å². The second kappa shape index (κ2) is 5.49. The van der Waals surface area contributed by atoms with Gasteiger partial charge in [-0.15, -0.1) is 22.7 Å². The van der Waals surface area contributed by atoms with Crippen molar-refractivity contribution in [1.29, 1.82) is 0 Å². The summed E-state index contributed by atoms with van der Waals surface area (Å²) < 4.78 is 1.10. The number of aromatic amines is 1. The van der Waals surface area contributed by atoms with Gasteiger partial charge in [0.25, 0.3) is 5.91 Å². The molecule has 1 aliphatic rings. The Morgan fingerprint density at radius 3 is 3.27 bits per heavy atom. The van der Waals surface area contributed by atoms with Gasteiger partial charge in [0, 0.05) is 24.4 Å². The maximum Gasteiger partial charge on any atom is 0.273 e. The number of carbonyl (C=O) groups excluding carboxylic acids is 1. The Balaban J connectivity index is 1.52. The number of amides is 1. The summed E-state index contributed by atoms with van der Waals surface area (Å²) in [4.78, 5) is 23.7. The molecular formula is C15H16N4OS2. The highest BCUT2D eigenvalue weighted by atomic mass is 32.1. The lowest BCUT2D eigenvalue weighted by Crippen LogP contribution is -2.29. The summed E-state index contributed by atoms with van der Waals surface area (Å²) in [7, 11) is 0. The van der Waals surface area contributed by atoms with E-state index in [1.807, 2.05) is 17.5 Å². The third-order valence-corrected chi connectivity index (χ3v) is 5.82. The molecule has 0 atom stereocenters. The van der Waals surface area contributed by atoms with Crippen LogP contribution in [-0.4, -0.2) is 33.9 Å². The molecule has 0 saturated carbocycles. The molecule has 22 heavy (non-hydrogen) atoms. The number of nitrogens with zero attached hydrogens (tertiary/aromatic N) is 2. The minimum atomic E-state index is -0.123.